The lowest BCUT2D eigenvalue weighted by atomic mass is 9.84. The van der Waals surface area contributed by atoms with Gasteiger partial charge < -0.3 is 10.1 Å². The van der Waals surface area contributed by atoms with Gasteiger partial charge in [0.05, 0.1) is 11.0 Å². The van der Waals surface area contributed by atoms with Crippen LogP contribution in [0.5, 0.6) is 0 Å². The Bertz CT molecular complexity index is 1190. The summed E-state index contributed by atoms with van der Waals surface area (Å²) in [6.45, 7) is 5.63. The van der Waals surface area contributed by atoms with Gasteiger partial charge in [0.2, 0.25) is 0 Å². The molecule has 0 aliphatic heterocycles. The first-order valence-electron chi connectivity index (χ1n) is 11.8. The molecule has 1 aromatic carbocycles. The molecule has 1 fully saturated rings. The van der Waals surface area contributed by atoms with Gasteiger partial charge in [-0.25, -0.2) is 23.7 Å². The molecule has 0 radical (unpaired) electrons. The minimum absolute atomic E-state index is 0.152. The van der Waals surface area contributed by atoms with E-state index in [2.05, 4.69) is 20.3 Å². The van der Waals surface area contributed by atoms with E-state index in [0.29, 0.717) is 40.2 Å². The van der Waals surface area contributed by atoms with Gasteiger partial charge in [0.25, 0.3) is 6.43 Å². The van der Waals surface area contributed by atoms with E-state index in [9.17, 15) is 13.6 Å². The molecule has 10 heteroatoms. The number of thioether (sulfide) groups is 1. The fraction of sp³-hybridized carbons (Fsp3) is 0.520. The molecule has 35 heavy (non-hydrogen) atoms. The number of carbonyl (C=O) groups is 1. The molecular weight excluding hydrogens is 472 g/mol. The number of para-hydroxylation sites is 2. The Morgan fingerprint density at radius 1 is 1.17 bits per heavy atom. The van der Waals surface area contributed by atoms with Gasteiger partial charge in [-0.05, 0) is 70.8 Å². The summed E-state index contributed by atoms with van der Waals surface area (Å²) in [7, 11) is 0. The molecular formula is C25H31F2N5O2S. The summed E-state index contributed by atoms with van der Waals surface area (Å²) in [4.78, 5) is 25.4. The second kappa shape index (κ2) is 10.5. The first kappa shape index (κ1) is 25.3. The van der Waals surface area contributed by atoms with Crippen LogP contribution in [0.15, 0.2) is 35.5 Å². The third kappa shape index (κ3) is 6.28. The molecule has 1 aliphatic rings. The summed E-state index contributed by atoms with van der Waals surface area (Å²) in [6, 6.07) is 8.91. The number of fused-ring (bicyclic) bond motifs is 1. The second-order valence-electron chi connectivity index (χ2n) is 9.85. The third-order valence-corrected chi connectivity index (χ3v) is 6.51. The average Bonchev–Trinajstić information content (AvgIpc) is 3.19. The highest BCUT2D eigenvalue weighted by Crippen LogP contribution is 2.32. The van der Waals surface area contributed by atoms with Crippen LogP contribution in [0.3, 0.4) is 0 Å². The summed E-state index contributed by atoms with van der Waals surface area (Å²) in [6.07, 6.45) is 3.13. The van der Waals surface area contributed by atoms with Crippen LogP contribution in [0, 0.1) is 5.92 Å². The van der Waals surface area contributed by atoms with E-state index in [1.54, 1.807) is 30.3 Å². The standard InChI is InChI=1S/C25H31F2N5O2S/c1-25(2,3)34-21(33)13-15-9-11-16(12-10-15)28-19-14-20(31-24(30-19)35-4)32-18-8-6-5-7-17(18)29-23(32)22(26)27/h5-8,14-16,22H,9-13H2,1-4H3,(H,28,30,31). The molecule has 0 bridgehead atoms. The number of esters is 1. The molecule has 188 valence electrons. The number of rotatable bonds is 7. The maximum atomic E-state index is 13.8. The van der Waals surface area contributed by atoms with Crippen LogP contribution in [0.4, 0.5) is 14.6 Å². The van der Waals surface area contributed by atoms with E-state index in [1.165, 1.54) is 16.3 Å². The van der Waals surface area contributed by atoms with Crippen molar-refractivity contribution < 1.29 is 18.3 Å². The maximum Gasteiger partial charge on any atom is 0.306 e. The molecule has 4 rings (SSSR count). The number of carbonyl (C=O) groups excluding carboxylic acids is 1. The normalized spacial score (nSPS) is 18.7. The number of anilines is 1. The molecule has 1 saturated carbocycles. The quantitative estimate of drug-likeness (QED) is 0.234. The lowest BCUT2D eigenvalue weighted by Crippen LogP contribution is -2.29. The van der Waals surface area contributed by atoms with Crippen LogP contribution in [-0.4, -0.2) is 43.4 Å². The van der Waals surface area contributed by atoms with Crippen molar-refractivity contribution in [2.24, 2.45) is 5.92 Å². The summed E-state index contributed by atoms with van der Waals surface area (Å²) in [5.41, 5.74) is 0.590. The Hall–Kier alpha value is -2.75. The van der Waals surface area contributed by atoms with Crippen molar-refractivity contribution in [3.63, 3.8) is 0 Å². The monoisotopic (exact) mass is 503 g/mol. The Kier molecular flexibility index (Phi) is 7.59. The molecule has 0 saturated heterocycles. The maximum absolute atomic E-state index is 13.8. The van der Waals surface area contributed by atoms with E-state index in [4.69, 9.17) is 4.74 Å². The minimum Gasteiger partial charge on any atom is -0.460 e. The summed E-state index contributed by atoms with van der Waals surface area (Å²) in [5, 5.41) is 3.95. The number of hydrogen-bond acceptors (Lipinski definition) is 7. The summed E-state index contributed by atoms with van der Waals surface area (Å²) < 4.78 is 34.6. The van der Waals surface area contributed by atoms with Crippen molar-refractivity contribution >= 4 is 34.6 Å². The topological polar surface area (TPSA) is 81.9 Å². The Balaban J connectivity index is 1.50. The fourth-order valence-electron chi connectivity index (χ4n) is 4.46. The van der Waals surface area contributed by atoms with Gasteiger partial charge in [-0.15, -0.1) is 0 Å². The van der Waals surface area contributed by atoms with Gasteiger partial charge in [-0.1, -0.05) is 23.9 Å². The molecule has 7 nitrogen and oxygen atoms in total. The van der Waals surface area contributed by atoms with Crippen molar-refractivity contribution in [1.82, 2.24) is 19.5 Å². The molecule has 2 heterocycles. The highest BCUT2D eigenvalue weighted by Gasteiger charge is 2.27. The van der Waals surface area contributed by atoms with Crippen LogP contribution < -0.4 is 5.32 Å². The number of imidazole rings is 1. The predicted molar refractivity (Wildman–Crippen MR) is 133 cm³/mol. The number of ether oxygens (including phenoxy) is 1. The number of halogens is 2. The zero-order valence-electron chi connectivity index (χ0n) is 20.4. The third-order valence-electron chi connectivity index (χ3n) is 5.96. The molecule has 1 aliphatic carbocycles. The van der Waals surface area contributed by atoms with E-state index in [1.807, 2.05) is 27.0 Å². The van der Waals surface area contributed by atoms with Gasteiger partial charge in [0, 0.05) is 18.5 Å². The van der Waals surface area contributed by atoms with E-state index < -0.39 is 12.0 Å². The molecule has 0 amide bonds. The number of nitrogens with one attached hydrogen (secondary N) is 1. The smallest absolute Gasteiger partial charge is 0.306 e. The second-order valence-corrected chi connectivity index (χ2v) is 10.6. The van der Waals surface area contributed by atoms with Gasteiger partial charge in [-0.2, -0.15) is 0 Å². The van der Waals surface area contributed by atoms with Crippen molar-refractivity contribution in [1.29, 1.82) is 0 Å². The van der Waals surface area contributed by atoms with Crippen LogP contribution in [0.25, 0.3) is 16.9 Å². The van der Waals surface area contributed by atoms with Crippen LogP contribution in [0.2, 0.25) is 0 Å². The summed E-state index contributed by atoms with van der Waals surface area (Å²) >= 11 is 1.35. The van der Waals surface area contributed by atoms with Crippen LogP contribution in [-0.2, 0) is 9.53 Å². The lowest BCUT2D eigenvalue weighted by molar-refractivity contribution is -0.156. The van der Waals surface area contributed by atoms with Gasteiger partial charge >= 0.3 is 5.97 Å². The number of nitrogens with zero attached hydrogens (tertiary/aromatic N) is 4. The Morgan fingerprint density at radius 2 is 1.89 bits per heavy atom. The Morgan fingerprint density at radius 3 is 2.54 bits per heavy atom. The highest BCUT2D eigenvalue weighted by molar-refractivity contribution is 7.98. The van der Waals surface area contributed by atoms with E-state index in [-0.39, 0.29) is 17.8 Å². The van der Waals surface area contributed by atoms with E-state index in [0.717, 1.165) is 25.7 Å². The number of hydrogen-bond donors (Lipinski definition) is 1. The molecule has 0 unspecified atom stereocenters. The zero-order chi connectivity index (χ0) is 25.2. The average molecular weight is 504 g/mol. The highest BCUT2D eigenvalue weighted by atomic mass is 32.2. The fourth-order valence-corrected chi connectivity index (χ4v) is 4.84. The predicted octanol–water partition coefficient (Wildman–Crippen LogP) is 6.18. The molecule has 0 atom stereocenters. The number of aromatic nitrogens is 4. The Labute approximate surface area is 208 Å². The zero-order valence-corrected chi connectivity index (χ0v) is 21.2. The van der Waals surface area contributed by atoms with Gasteiger partial charge in [0.15, 0.2) is 11.0 Å². The van der Waals surface area contributed by atoms with Gasteiger partial charge in [0.1, 0.15) is 17.2 Å². The SMILES string of the molecule is CSc1nc(NC2CCC(CC(=O)OC(C)(C)C)CC2)cc(-n2c(C(F)F)nc3ccccc32)n1. The molecule has 2 aromatic heterocycles. The number of alkyl halides is 2. The number of benzene rings is 1. The molecule has 0 spiro atoms. The van der Waals surface area contributed by atoms with Crippen LogP contribution >= 0.6 is 11.8 Å². The van der Waals surface area contributed by atoms with E-state index >= 15 is 0 Å². The molecule has 3 aromatic rings. The molecule has 1 N–H and O–H groups in total. The van der Waals surface area contributed by atoms with Crippen molar-refractivity contribution in [3.05, 3.63) is 36.2 Å². The summed E-state index contributed by atoms with van der Waals surface area (Å²) in [5.74, 6) is 0.755. The van der Waals surface area contributed by atoms with Crippen molar-refractivity contribution in [2.75, 3.05) is 11.6 Å². The van der Waals surface area contributed by atoms with Crippen molar-refractivity contribution in [3.8, 4) is 5.82 Å². The first-order chi connectivity index (χ1) is 16.6. The first-order valence-corrected chi connectivity index (χ1v) is 13.0. The van der Waals surface area contributed by atoms with Crippen LogP contribution in [0.1, 0.15) is 65.1 Å². The van der Waals surface area contributed by atoms with Crippen molar-refractivity contribution in [2.45, 2.75) is 76.1 Å². The largest absolute Gasteiger partial charge is 0.460 e. The van der Waals surface area contributed by atoms with Gasteiger partial charge in [-0.3, -0.25) is 9.36 Å². The minimum atomic E-state index is -2.74. The lowest BCUT2D eigenvalue weighted by Gasteiger charge is -2.30.